The number of aliphatic hydroxyl groups excluding tert-OH is 1. The van der Waals surface area contributed by atoms with Gasteiger partial charge in [-0.2, -0.15) is 9.97 Å². The van der Waals surface area contributed by atoms with Crippen molar-refractivity contribution >= 4 is 40.2 Å². The lowest BCUT2D eigenvalue weighted by Gasteiger charge is -2.53. The van der Waals surface area contributed by atoms with Gasteiger partial charge in [0.2, 0.25) is 5.88 Å². The van der Waals surface area contributed by atoms with Crippen LogP contribution in [0.5, 0.6) is 11.9 Å². The number of benzene rings is 1. The first-order valence-electron chi connectivity index (χ1n) is 20.1. The zero-order chi connectivity index (χ0) is 39.5. The number of hydrogen-bond donors (Lipinski definition) is 3. The number of piperidine rings is 1. The van der Waals surface area contributed by atoms with Crippen molar-refractivity contribution in [2.45, 2.75) is 123 Å². The van der Waals surface area contributed by atoms with Crippen LogP contribution in [0.15, 0.2) is 6.07 Å². The normalized spacial score (nSPS) is 25.5. The summed E-state index contributed by atoms with van der Waals surface area (Å²) >= 11 is 6.53. The molecule has 4 heterocycles. The maximum atomic E-state index is 17.1. The Hall–Kier alpha value is -3.36. The maximum absolute atomic E-state index is 17.1. The molecular weight excluding hydrogens is 725 g/mol. The van der Waals surface area contributed by atoms with Crippen LogP contribution in [0, 0.1) is 23.6 Å². The van der Waals surface area contributed by atoms with Crippen LogP contribution in [0.2, 0.25) is 5.02 Å². The minimum Gasteiger partial charge on any atom is -0.480 e. The largest absolute Gasteiger partial charge is 0.480 e. The summed E-state index contributed by atoms with van der Waals surface area (Å²) in [6, 6.07) is 2.48. The number of aromatic nitrogens is 3. The number of methoxy groups -OCH3 is 1. The molecule has 2 unspecified atom stereocenters. The highest BCUT2D eigenvalue weighted by Gasteiger charge is 2.52. The van der Waals surface area contributed by atoms with Crippen molar-refractivity contribution in [3.63, 3.8) is 0 Å². The molecule has 12 nitrogen and oxygen atoms in total. The third-order valence-corrected chi connectivity index (χ3v) is 12.8. The lowest BCUT2D eigenvalue weighted by molar-refractivity contribution is -0.175. The third kappa shape index (κ3) is 7.84. The van der Waals surface area contributed by atoms with Crippen LogP contribution in [0.4, 0.5) is 15.9 Å². The van der Waals surface area contributed by atoms with Crippen LogP contribution in [-0.2, 0) is 9.47 Å². The summed E-state index contributed by atoms with van der Waals surface area (Å²) in [5, 5.41) is 19.3. The average molecular weight is 784 g/mol. The van der Waals surface area contributed by atoms with Gasteiger partial charge in [-0.25, -0.2) is 9.37 Å². The van der Waals surface area contributed by atoms with Crippen LogP contribution in [0.3, 0.4) is 0 Å². The lowest BCUT2D eigenvalue weighted by Crippen LogP contribution is -2.58. The number of ether oxygens (including phenoxy) is 4. The molecule has 2 aromatic heterocycles. The molecule has 55 heavy (non-hydrogen) atoms. The third-order valence-electron chi connectivity index (χ3n) is 12.4. The molecule has 4 aliphatic rings. The van der Waals surface area contributed by atoms with Crippen molar-refractivity contribution in [3.05, 3.63) is 28.0 Å². The van der Waals surface area contributed by atoms with Gasteiger partial charge in [-0.3, -0.25) is 4.90 Å². The highest BCUT2D eigenvalue weighted by molar-refractivity contribution is 6.32. The van der Waals surface area contributed by atoms with Gasteiger partial charge in [-0.05, 0) is 96.7 Å². The molecule has 1 spiro atoms. The molecule has 3 aromatic rings. The fourth-order valence-electron chi connectivity index (χ4n) is 9.65. The van der Waals surface area contributed by atoms with Crippen molar-refractivity contribution in [3.8, 4) is 23.1 Å². The van der Waals surface area contributed by atoms with Crippen molar-refractivity contribution in [1.82, 2.24) is 19.9 Å². The summed E-state index contributed by atoms with van der Waals surface area (Å²) in [7, 11) is 1.43. The fourth-order valence-corrected chi connectivity index (χ4v) is 9.86. The van der Waals surface area contributed by atoms with Crippen LogP contribution >= 0.6 is 11.6 Å². The van der Waals surface area contributed by atoms with Gasteiger partial charge >= 0.3 is 6.01 Å². The number of anilines is 2. The van der Waals surface area contributed by atoms with Crippen molar-refractivity contribution in [2.24, 2.45) is 5.41 Å². The topological polar surface area (TPSA) is 152 Å². The molecule has 14 heteroatoms. The van der Waals surface area contributed by atoms with E-state index in [1.807, 2.05) is 27.7 Å². The first-order valence-corrected chi connectivity index (χ1v) is 20.5. The Kier molecular flexibility index (Phi) is 13.1. The number of nitrogens with zero attached hydrogens (tertiary/aromatic N) is 5. The Bertz CT molecular complexity index is 1840. The Morgan fingerprint density at radius 2 is 1.89 bits per heavy atom. The fraction of sp³-hybridized carbons (Fsp3) is 0.659. The van der Waals surface area contributed by atoms with E-state index in [0.29, 0.717) is 35.9 Å². The molecule has 4 fully saturated rings. The van der Waals surface area contributed by atoms with Gasteiger partial charge in [0.25, 0.3) is 0 Å². The predicted octanol–water partition coefficient (Wildman–Crippen LogP) is 7.70. The van der Waals surface area contributed by atoms with Crippen LogP contribution in [0.1, 0.15) is 103 Å². The number of fused-ring (bicyclic) bond motifs is 2. The van der Waals surface area contributed by atoms with E-state index in [-0.39, 0.29) is 74.8 Å². The zero-order valence-electron chi connectivity index (χ0n) is 33.4. The predicted molar refractivity (Wildman–Crippen MR) is 215 cm³/mol. The number of aliphatic hydroxyl groups is 1. The van der Waals surface area contributed by atoms with E-state index in [1.165, 1.54) is 19.6 Å². The molecule has 3 atom stereocenters. The minimum atomic E-state index is -0.774. The number of pyridine rings is 1. The first kappa shape index (κ1) is 41.3. The molecule has 7 rings (SSSR count). The summed E-state index contributed by atoms with van der Waals surface area (Å²) in [5.74, 6) is -0.527. The summed E-state index contributed by atoms with van der Waals surface area (Å²) in [6.07, 6.45) is 12.0. The van der Waals surface area contributed by atoms with E-state index in [1.54, 1.807) is 11.8 Å². The molecule has 0 amide bonds. The van der Waals surface area contributed by atoms with E-state index in [9.17, 15) is 5.11 Å². The van der Waals surface area contributed by atoms with Gasteiger partial charge in [-0.15, -0.1) is 0 Å². The van der Waals surface area contributed by atoms with E-state index in [2.05, 4.69) is 9.88 Å². The molecule has 0 bridgehead atoms. The molecule has 0 radical (unpaired) electrons. The number of rotatable bonds is 13. The van der Waals surface area contributed by atoms with Gasteiger partial charge < -0.3 is 40.1 Å². The monoisotopic (exact) mass is 783 g/mol. The van der Waals surface area contributed by atoms with Crippen LogP contribution in [0.25, 0.3) is 22.2 Å². The van der Waals surface area contributed by atoms with E-state index < -0.39 is 12.5 Å². The Morgan fingerprint density at radius 1 is 1.16 bits per heavy atom. The van der Waals surface area contributed by atoms with Crippen molar-refractivity contribution in [2.75, 3.05) is 57.4 Å². The summed E-state index contributed by atoms with van der Waals surface area (Å²) in [5.41, 5.74) is 7.35. The highest BCUT2D eigenvalue weighted by atomic mass is 35.5. The molecule has 2 aliphatic heterocycles. The van der Waals surface area contributed by atoms with E-state index >= 15 is 4.39 Å². The van der Waals surface area contributed by atoms with Gasteiger partial charge in [0.1, 0.15) is 23.3 Å². The van der Waals surface area contributed by atoms with Gasteiger partial charge in [-0.1, -0.05) is 31.9 Å². The number of nitrogens with one attached hydrogen (secondary N) is 1. The smallest absolute Gasteiger partial charge is 0.319 e. The van der Waals surface area contributed by atoms with Crippen LogP contribution in [-0.4, -0.2) is 102 Å². The molecular formula is C41H59ClFN7O5. The van der Waals surface area contributed by atoms with Crippen molar-refractivity contribution in [1.29, 1.82) is 5.41 Å². The SMILES string of the molecule is CC.CCO[C@@H](C)CN(CO)c1nc(OCC23CCCC2N(C2CCC4(CCO4)CC2)CCC3)nc2c(F)c(-c3c(C)c(Cl)cc(N)c3C=N)nc(OC)c12. The number of likely N-dealkylation sites (tertiary alicyclic amines) is 1. The Morgan fingerprint density at radius 3 is 2.53 bits per heavy atom. The Balaban J connectivity index is 0.00000253. The average Bonchev–Trinajstić information content (AvgIpc) is 3.63. The molecule has 2 saturated carbocycles. The summed E-state index contributed by atoms with van der Waals surface area (Å²) < 4.78 is 41.4. The number of nitrogens with two attached hydrogens (primary N) is 1. The second kappa shape index (κ2) is 17.4. The molecule has 4 N–H and O–H groups in total. The highest BCUT2D eigenvalue weighted by Crippen LogP contribution is 2.51. The standard InChI is InChI=1S/C39H53ClFN7O5.C2H6/c1-5-51-23(2)20-47(22-49)35-31-34(32(41)33(44-36(31)50-4)30-24(3)27(40)18-28(43)26(30)19-42)45-37(46-35)52-21-38-11-6-8-29(38)48(16-7-12-38)25-9-13-39(14-10-25)15-17-53-39;1-2/h18-19,23,25,29,42,49H,5-17,20-22,43H2,1-4H3;1-2H3/t23-,25?,29?,38?,39?;/m0./s1. The molecule has 302 valence electrons. The first-order chi connectivity index (χ1) is 26.6. The van der Waals surface area contributed by atoms with Gasteiger partial charge in [0, 0.05) is 58.7 Å². The minimum absolute atomic E-state index is 0.00149. The number of hydrogen-bond acceptors (Lipinski definition) is 12. The second-order valence-electron chi connectivity index (χ2n) is 15.4. The van der Waals surface area contributed by atoms with Gasteiger partial charge in [0.15, 0.2) is 11.6 Å². The zero-order valence-corrected chi connectivity index (χ0v) is 34.1. The lowest BCUT2D eigenvalue weighted by atomic mass is 9.72. The molecule has 2 aliphatic carbocycles. The van der Waals surface area contributed by atoms with E-state index in [4.69, 9.17) is 51.7 Å². The quantitative estimate of drug-likeness (QED) is 0.0889. The summed E-state index contributed by atoms with van der Waals surface area (Å²) in [4.78, 5) is 18.5. The van der Waals surface area contributed by atoms with Gasteiger partial charge in [0.05, 0.1) is 32.0 Å². The maximum Gasteiger partial charge on any atom is 0.319 e. The number of halogens is 2. The number of nitrogen functional groups attached to an aromatic ring is 1. The second-order valence-corrected chi connectivity index (χ2v) is 15.8. The molecule has 1 aromatic carbocycles. The Labute approximate surface area is 329 Å². The van der Waals surface area contributed by atoms with Crippen LogP contribution < -0.4 is 20.1 Å². The van der Waals surface area contributed by atoms with E-state index in [0.717, 1.165) is 77.2 Å². The van der Waals surface area contributed by atoms with Crippen molar-refractivity contribution < 1.29 is 28.4 Å². The molecule has 2 saturated heterocycles. The summed E-state index contributed by atoms with van der Waals surface area (Å²) in [6.45, 7) is 12.2.